The lowest BCUT2D eigenvalue weighted by atomic mass is 9.79. The van der Waals surface area contributed by atoms with E-state index in [0.717, 1.165) is 39.0 Å². The third-order valence-electron chi connectivity index (χ3n) is 13.4. The summed E-state index contributed by atoms with van der Waals surface area (Å²) in [5.41, 5.74) is 18.1. The number of hydrogen-bond donors (Lipinski definition) is 0. The molecule has 9 aromatic carbocycles. The van der Waals surface area contributed by atoms with Crippen molar-refractivity contribution in [2.45, 2.75) is 38.5 Å². The number of para-hydroxylation sites is 2. The first kappa shape index (κ1) is 33.3. The molecule has 0 radical (unpaired) electrons. The van der Waals surface area contributed by atoms with Gasteiger partial charge in [-0.2, -0.15) is 0 Å². The molecule has 2 nitrogen and oxygen atoms in total. The summed E-state index contributed by atoms with van der Waals surface area (Å²) in [4.78, 5) is 2.37. The monoisotopic (exact) mass is 743 g/mol. The highest BCUT2D eigenvalue weighted by atomic mass is 16.3. The molecule has 0 amide bonds. The predicted octanol–water partition coefficient (Wildman–Crippen LogP) is 15.6. The van der Waals surface area contributed by atoms with Crippen molar-refractivity contribution in [2.24, 2.45) is 0 Å². The van der Waals surface area contributed by atoms with Gasteiger partial charge in [-0.1, -0.05) is 131 Å². The lowest BCUT2D eigenvalue weighted by Crippen LogP contribution is -2.17. The molecule has 2 aliphatic rings. The van der Waals surface area contributed by atoms with Crippen LogP contribution in [0, 0.1) is 0 Å². The molecule has 0 atom stereocenters. The Morgan fingerprint density at radius 3 is 1.66 bits per heavy atom. The van der Waals surface area contributed by atoms with E-state index in [1.54, 1.807) is 0 Å². The van der Waals surface area contributed by atoms with Gasteiger partial charge in [-0.05, 0) is 150 Å². The second-order valence-corrected chi connectivity index (χ2v) is 17.4. The summed E-state index contributed by atoms with van der Waals surface area (Å²) >= 11 is 0. The van der Waals surface area contributed by atoms with Crippen LogP contribution in [0.4, 0.5) is 17.1 Å². The highest BCUT2D eigenvalue weighted by Gasteiger charge is 2.42. The largest absolute Gasteiger partial charge is 0.454 e. The zero-order valence-corrected chi connectivity index (χ0v) is 33.1. The summed E-state index contributed by atoms with van der Waals surface area (Å²) in [6.07, 6.45) is 0. The molecule has 0 saturated carbocycles. The van der Waals surface area contributed by atoms with Crippen LogP contribution < -0.4 is 4.90 Å². The van der Waals surface area contributed by atoms with Crippen molar-refractivity contribution in [3.05, 3.63) is 198 Å². The summed E-state index contributed by atoms with van der Waals surface area (Å²) in [5.74, 6) is 0. The first-order valence-corrected chi connectivity index (χ1v) is 20.4. The summed E-state index contributed by atoms with van der Waals surface area (Å²) < 4.78 is 6.68. The van der Waals surface area contributed by atoms with Crippen LogP contribution in [0.15, 0.2) is 180 Å². The number of nitrogens with zero attached hydrogens (tertiary/aromatic N) is 1. The molecule has 0 fully saturated rings. The van der Waals surface area contributed by atoms with Gasteiger partial charge in [0.1, 0.15) is 5.58 Å². The fourth-order valence-electron chi connectivity index (χ4n) is 10.3. The lowest BCUT2D eigenvalue weighted by molar-refractivity contribution is 0.653. The third kappa shape index (κ3) is 4.66. The van der Waals surface area contributed by atoms with Crippen molar-refractivity contribution < 1.29 is 4.42 Å². The van der Waals surface area contributed by atoms with Crippen LogP contribution in [0.1, 0.15) is 49.9 Å². The SMILES string of the molecule is CC1(C)c2cc3c(cc2-c2cc4ccccc4cc21)C(C)(C)c1cc2cc(N(c4cccc(-c5ccccc5)c4)c4cccc5c4oc4ccccc45)ccc2cc1-3. The number of benzene rings is 9. The van der Waals surface area contributed by atoms with Gasteiger partial charge in [0.2, 0.25) is 0 Å². The van der Waals surface area contributed by atoms with E-state index in [1.807, 2.05) is 6.07 Å². The molecule has 0 bridgehead atoms. The van der Waals surface area contributed by atoms with E-state index in [0.29, 0.717) is 0 Å². The van der Waals surface area contributed by atoms with E-state index in [9.17, 15) is 0 Å². The van der Waals surface area contributed by atoms with Gasteiger partial charge in [-0.25, -0.2) is 0 Å². The van der Waals surface area contributed by atoms with Crippen molar-refractivity contribution in [1.29, 1.82) is 0 Å². The Morgan fingerprint density at radius 1 is 0.379 bits per heavy atom. The van der Waals surface area contributed by atoms with Crippen LogP contribution in [0.25, 0.3) is 76.9 Å². The molecule has 276 valence electrons. The maximum atomic E-state index is 6.68. The normalized spacial score (nSPS) is 14.5. The first-order chi connectivity index (χ1) is 28.2. The molecule has 58 heavy (non-hydrogen) atoms. The van der Waals surface area contributed by atoms with E-state index < -0.39 is 0 Å². The summed E-state index contributed by atoms with van der Waals surface area (Å²) in [7, 11) is 0. The quantitative estimate of drug-likeness (QED) is 0.178. The number of furan rings is 1. The predicted molar refractivity (Wildman–Crippen MR) is 244 cm³/mol. The van der Waals surface area contributed by atoms with Gasteiger partial charge in [-0.3, -0.25) is 0 Å². The van der Waals surface area contributed by atoms with Crippen LogP contribution in [0.3, 0.4) is 0 Å². The summed E-state index contributed by atoms with van der Waals surface area (Å²) in [6.45, 7) is 9.61. The highest BCUT2D eigenvalue weighted by molar-refractivity contribution is 6.10. The molecule has 0 N–H and O–H groups in total. The van der Waals surface area contributed by atoms with Crippen molar-refractivity contribution in [3.63, 3.8) is 0 Å². The molecule has 0 unspecified atom stereocenters. The van der Waals surface area contributed by atoms with Crippen LogP contribution in [0.5, 0.6) is 0 Å². The molecule has 10 aromatic rings. The standard InChI is InChI=1S/C56H41NO/c1-55(2)48-30-37-17-9-8-16-36(37)28-44(48)46-32-51-47(33-50(46)55)45-29-38-24-25-41(27-39(38)31-49(45)56(51,3)4)57(40-19-12-18-35(26-40)34-14-6-5-7-15-34)52-22-13-21-43-42-20-10-11-23-53(42)58-54(43)52/h5-33H,1-4H3. The Bertz CT molecular complexity index is 3350. The van der Waals surface area contributed by atoms with Gasteiger partial charge in [0, 0.05) is 33.0 Å². The van der Waals surface area contributed by atoms with Crippen molar-refractivity contribution >= 4 is 60.5 Å². The topological polar surface area (TPSA) is 16.4 Å². The van der Waals surface area contributed by atoms with E-state index in [4.69, 9.17) is 4.42 Å². The first-order valence-electron chi connectivity index (χ1n) is 20.4. The van der Waals surface area contributed by atoms with E-state index >= 15 is 0 Å². The van der Waals surface area contributed by atoms with Gasteiger partial charge in [-0.15, -0.1) is 0 Å². The minimum absolute atomic E-state index is 0.0909. The van der Waals surface area contributed by atoms with Crippen LogP contribution in [0.2, 0.25) is 0 Å². The van der Waals surface area contributed by atoms with Crippen molar-refractivity contribution in [1.82, 2.24) is 0 Å². The molecule has 0 aliphatic heterocycles. The Hall–Kier alpha value is -6.90. The fourth-order valence-corrected chi connectivity index (χ4v) is 10.3. The van der Waals surface area contributed by atoms with Gasteiger partial charge in [0.15, 0.2) is 5.58 Å². The van der Waals surface area contributed by atoms with Crippen LogP contribution >= 0.6 is 0 Å². The molecule has 1 aromatic heterocycles. The maximum Gasteiger partial charge on any atom is 0.159 e. The minimum Gasteiger partial charge on any atom is -0.454 e. The molecule has 12 rings (SSSR count). The summed E-state index contributed by atoms with van der Waals surface area (Å²) in [6, 6.07) is 64.9. The second kappa shape index (κ2) is 11.8. The minimum atomic E-state index is -0.169. The van der Waals surface area contributed by atoms with Crippen molar-refractivity contribution in [2.75, 3.05) is 4.90 Å². The van der Waals surface area contributed by atoms with Crippen LogP contribution in [-0.2, 0) is 10.8 Å². The number of hydrogen-bond acceptors (Lipinski definition) is 2. The zero-order valence-electron chi connectivity index (χ0n) is 33.1. The summed E-state index contributed by atoms with van der Waals surface area (Å²) in [5, 5.41) is 7.30. The van der Waals surface area contributed by atoms with Gasteiger partial charge >= 0.3 is 0 Å². The molecule has 0 spiro atoms. The third-order valence-corrected chi connectivity index (χ3v) is 13.4. The fraction of sp³-hybridized carbons (Fsp3) is 0.107. The average molecular weight is 744 g/mol. The molecule has 2 heteroatoms. The Labute approximate surface area is 338 Å². The van der Waals surface area contributed by atoms with E-state index in [-0.39, 0.29) is 10.8 Å². The Balaban J connectivity index is 1.03. The molecule has 0 saturated heterocycles. The molecular weight excluding hydrogens is 703 g/mol. The maximum absolute atomic E-state index is 6.68. The van der Waals surface area contributed by atoms with E-state index in [2.05, 4.69) is 202 Å². The van der Waals surface area contributed by atoms with Gasteiger partial charge < -0.3 is 9.32 Å². The van der Waals surface area contributed by atoms with Crippen molar-refractivity contribution in [3.8, 4) is 33.4 Å². The van der Waals surface area contributed by atoms with E-state index in [1.165, 1.54) is 77.2 Å². The molecular formula is C56H41NO. The highest BCUT2D eigenvalue weighted by Crippen LogP contribution is 2.57. The molecule has 1 heterocycles. The number of anilines is 3. The number of fused-ring (bicyclic) bond motifs is 11. The van der Waals surface area contributed by atoms with Gasteiger partial charge in [0.25, 0.3) is 0 Å². The van der Waals surface area contributed by atoms with Gasteiger partial charge in [0.05, 0.1) is 5.69 Å². The average Bonchev–Trinajstić information content (AvgIpc) is 3.82. The Kier molecular flexibility index (Phi) is 6.78. The lowest BCUT2D eigenvalue weighted by Gasteiger charge is -2.27. The van der Waals surface area contributed by atoms with Crippen LogP contribution in [-0.4, -0.2) is 0 Å². The number of rotatable bonds is 4. The molecule has 2 aliphatic carbocycles. The smallest absolute Gasteiger partial charge is 0.159 e. The second-order valence-electron chi connectivity index (χ2n) is 17.4. The Morgan fingerprint density at radius 2 is 0.914 bits per heavy atom. The zero-order chi connectivity index (χ0) is 38.9.